The number of hydrogen-bond acceptors (Lipinski definition) is 14. The van der Waals surface area contributed by atoms with Gasteiger partial charge in [-0.05, 0) is 192 Å². The molecule has 0 spiro atoms. The Kier molecular flexibility index (Phi) is 25.9. The fourth-order valence-electron chi connectivity index (χ4n) is 8.57. The maximum atomic E-state index is 13.4. The highest BCUT2D eigenvalue weighted by Crippen LogP contribution is 2.41. The van der Waals surface area contributed by atoms with E-state index in [1.54, 1.807) is 42.7 Å². The molecule has 0 atom stereocenters. The maximum absolute atomic E-state index is 13.4. The molecule has 0 radical (unpaired) electrons. The van der Waals surface area contributed by atoms with Gasteiger partial charge in [0.25, 0.3) is 0 Å². The topological polar surface area (TPSA) is 213 Å². The first kappa shape index (κ1) is 66.7. The molecule has 0 bridgehead atoms. The van der Waals surface area contributed by atoms with E-state index < -0.39 is 31.1 Å². The van der Waals surface area contributed by atoms with E-state index >= 15 is 0 Å². The third-order valence-corrected chi connectivity index (χ3v) is 18.8. The van der Waals surface area contributed by atoms with Crippen molar-refractivity contribution in [1.82, 2.24) is 30.0 Å². The summed E-state index contributed by atoms with van der Waals surface area (Å²) in [6.07, 6.45) is 12.2. The molecule has 2 saturated carbocycles. The Morgan fingerprint density at radius 2 is 1.03 bits per heavy atom. The zero-order valence-corrected chi connectivity index (χ0v) is 53.6. The molecule has 0 saturated heterocycles. The molecule has 0 aliphatic heterocycles. The Labute approximate surface area is 483 Å². The minimum absolute atomic E-state index is 0.0657. The Morgan fingerprint density at radius 1 is 0.615 bits per heavy atom. The first-order valence-electron chi connectivity index (χ1n) is 27.4. The molecule has 0 unspecified atom stereocenters. The number of rotatable bonds is 19. The van der Waals surface area contributed by atoms with Crippen LogP contribution < -0.4 is 29.6 Å². The van der Waals surface area contributed by atoms with Crippen molar-refractivity contribution < 1.29 is 45.4 Å². The SMILES string of the molecule is CC(C)CCOc1ccc(-c2cnc(C3CCC(NC(=O)OC(C)C)CC3)s2)c(S(=O)(=O)NC(C)(C)C)c1.CC(C)OC(=O)NC1CCC(c2ncc(Br)s2)CC1.Cc1ccc(OCCC(C)C)cc1S(=O)(=O)NC(C)(C)C. The number of nitrogens with one attached hydrogen (secondary N) is 4. The molecule has 2 aliphatic rings. The standard InChI is InChI=1S/C28H43N3O5S2.C16H27NO3S.C13H19BrN2O2S/c1-18(2)14-15-35-22-12-13-23(25(16-22)38(33,34)31-28(5,6)7)24-17-29-26(37-24)20-8-10-21(11-9-20)30-27(32)36-19(3)4;1-12(2)9-10-20-14-8-7-13(3)15(11-14)21(18,19)17-16(4,5)6;1-8(2)18-13(17)16-10-5-3-9(4-6-10)12-15-7-11(14)19-12/h12-13,16-21,31H,8-11,14-15H2,1-7H3,(H,30,32);7-8,11-12,17H,9-10H2,1-6H3;7-10H,3-6H2,1-2H3,(H,16,17). The van der Waals surface area contributed by atoms with Crippen LogP contribution in [0.25, 0.3) is 10.4 Å². The summed E-state index contributed by atoms with van der Waals surface area (Å²) < 4.78 is 80.1. The minimum atomic E-state index is -3.81. The van der Waals surface area contributed by atoms with Gasteiger partial charge in [0.15, 0.2) is 0 Å². The van der Waals surface area contributed by atoms with Gasteiger partial charge >= 0.3 is 12.2 Å². The van der Waals surface area contributed by atoms with Gasteiger partial charge in [0.1, 0.15) is 11.5 Å². The molecule has 2 amide bonds. The van der Waals surface area contributed by atoms with E-state index in [2.05, 4.69) is 68.7 Å². The number of carbonyl (C=O) groups is 2. The van der Waals surface area contributed by atoms with E-state index in [4.69, 9.17) is 23.9 Å². The van der Waals surface area contributed by atoms with Crippen LogP contribution in [0.1, 0.15) is 189 Å². The predicted molar refractivity (Wildman–Crippen MR) is 318 cm³/mol. The number of amides is 2. The van der Waals surface area contributed by atoms with Gasteiger partial charge in [0.2, 0.25) is 20.0 Å². The summed E-state index contributed by atoms with van der Waals surface area (Å²) in [5, 5.41) is 8.09. The van der Waals surface area contributed by atoms with E-state index in [0.29, 0.717) is 53.6 Å². The smallest absolute Gasteiger partial charge is 0.407 e. The lowest BCUT2D eigenvalue weighted by atomic mass is 9.86. The molecule has 6 rings (SSSR count). The first-order valence-corrected chi connectivity index (χ1v) is 32.8. The molecule has 4 N–H and O–H groups in total. The number of ether oxygens (including phenoxy) is 4. The molecule has 16 nitrogen and oxygen atoms in total. The number of aromatic nitrogens is 2. The summed E-state index contributed by atoms with van der Waals surface area (Å²) in [5.74, 6) is 3.00. The lowest BCUT2D eigenvalue weighted by Crippen LogP contribution is -2.40. The summed E-state index contributed by atoms with van der Waals surface area (Å²) in [6, 6.07) is 10.8. The molecular formula is C57H89BrN6O10S4. The van der Waals surface area contributed by atoms with E-state index in [9.17, 15) is 26.4 Å². The van der Waals surface area contributed by atoms with Gasteiger partial charge in [-0.25, -0.2) is 45.8 Å². The summed E-state index contributed by atoms with van der Waals surface area (Å²) in [7, 11) is -7.35. The van der Waals surface area contributed by atoms with Crippen LogP contribution in [0.2, 0.25) is 0 Å². The molecule has 2 heterocycles. The van der Waals surface area contributed by atoms with Gasteiger partial charge < -0.3 is 29.6 Å². The van der Waals surface area contributed by atoms with Crippen molar-refractivity contribution in [1.29, 1.82) is 0 Å². The van der Waals surface area contributed by atoms with E-state index in [-0.39, 0.29) is 52.2 Å². The van der Waals surface area contributed by atoms with E-state index in [1.807, 2.05) is 93.6 Å². The molecule has 2 aliphatic carbocycles. The van der Waals surface area contributed by atoms with Crippen molar-refractivity contribution >= 4 is 70.8 Å². The lowest BCUT2D eigenvalue weighted by Gasteiger charge is -2.28. The third kappa shape index (κ3) is 23.7. The van der Waals surface area contributed by atoms with Crippen LogP contribution in [-0.4, -0.2) is 87.6 Å². The number of benzene rings is 2. The average Bonchev–Trinajstić information content (AvgIpc) is 4.01. The minimum Gasteiger partial charge on any atom is -0.494 e. The predicted octanol–water partition coefficient (Wildman–Crippen LogP) is 14.0. The summed E-state index contributed by atoms with van der Waals surface area (Å²) in [4.78, 5) is 33.9. The second-order valence-electron chi connectivity index (χ2n) is 23.7. The lowest BCUT2D eigenvalue weighted by molar-refractivity contribution is 0.108. The number of carbonyl (C=O) groups excluding carboxylic acids is 2. The Hall–Kier alpha value is -3.86. The van der Waals surface area contributed by atoms with Crippen LogP contribution in [0.4, 0.5) is 9.59 Å². The third-order valence-electron chi connectivity index (χ3n) is 12.3. The fraction of sp³-hybridized carbons (Fsp3) is 0.649. The summed E-state index contributed by atoms with van der Waals surface area (Å²) >= 11 is 6.70. The van der Waals surface area contributed by atoms with Gasteiger partial charge in [0, 0.05) is 58.9 Å². The largest absolute Gasteiger partial charge is 0.494 e. The first-order chi connectivity index (χ1) is 36.3. The second-order valence-corrected chi connectivity index (χ2v) is 30.5. The molecule has 2 aromatic carbocycles. The number of alkyl carbamates (subject to hydrolysis) is 2. The monoisotopic (exact) mass is 1220 g/mol. The Balaban J connectivity index is 0.000000277. The van der Waals surface area contributed by atoms with Crippen LogP contribution in [0.3, 0.4) is 0 Å². The fourth-order valence-corrected chi connectivity index (χ4v) is 14.5. The van der Waals surface area contributed by atoms with Gasteiger partial charge in [-0.2, -0.15) is 0 Å². The van der Waals surface area contributed by atoms with Gasteiger partial charge in [-0.15, -0.1) is 22.7 Å². The number of hydrogen-bond donors (Lipinski definition) is 4. The summed E-state index contributed by atoms with van der Waals surface area (Å²) in [5.41, 5.74) is 0.189. The second kappa shape index (κ2) is 30.3. The highest BCUT2D eigenvalue weighted by molar-refractivity contribution is 9.11. The zero-order chi connectivity index (χ0) is 58.2. The van der Waals surface area contributed by atoms with Gasteiger partial charge in [0.05, 0.1) is 60.1 Å². The zero-order valence-electron chi connectivity index (χ0n) is 48.7. The quantitative estimate of drug-likeness (QED) is 0.0690. The van der Waals surface area contributed by atoms with Crippen LogP contribution in [0, 0.1) is 18.8 Å². The molecule has 4 aromatic rings. The van der Waals surface area contributed by atoms with Crippen LogP contribution in [-0.2, 0) is 29.5 Å². The van der Waals surface area contributed by atoms with Crippen LogP contribution in [0.15, 0.2) is 62.4 Å². The number of sulfonamides is 2. The molecule has 2 aromatic heterocycles. The van der Waals surface area contributed by atoms with Crippen LogP contribution >= 0.6 is 38.6 Å². The number of aryl methyl sites for hydroxylation is 1. The molecule has 438 valence electrons. The number of halogens is 1. The Morgan fingerprint density at radius 3 is 1.44 bits per heavy atom. The van der Waals surface area contributed by atoms with Crippen molar-refractivity contribution in [3.63, 3.8) is 0 Å². The number of thiazole rings is 2. The molecule has 21 heteroatoms. The van der Waals surface area contributed by atoms with Crippen molar-refractivity contribution in [2.75, 3.05) is 13.2 Å². The normalized spacial score (nSPS) is 18.2. The maximum Gasteiger partial charge on any atom is 0.407 e. The molecule has 2 fully saturated rings. The van der Waals surface area contributed by atoms with Gasteiger partial charge in [-0.1, -0.05) is 33.8 Å². The highest BCUT2D eigenvalue weighted by atomic mass is 79.9. The van der Waals surface area contributed by atoms with Crippen LogP contribution in [0.5, 0.6) is 11.5 Å². The number of nitrogens with zero attached hydrogens (tertiary/aromatic N) is 2. The van der Waals surface area contributed by atoms with Crippen molar-refractivity contribution in [2.45, 2.75) is 225 Å². The van der Waals surface area contributed by atoms with Crippen molar-refractivity contribution in [3.8, 4) is 21.9 Å². The highest BCUT2D eigenvalue weighted by Gasteiger charge is 2.31. The molecular weight excluding hydrogens is 1140 g/mol. The van der Waals surface area contributed by atoms with Crippen molar-refractivity contribution in [3.05, 3.63) is 68.2 Å². The van der Waals surface area contributed by atoms with E-state index in [0.717, 1.165) is 77.9 Å². The van der Waals surface area contributed by atoms with Crippen molar-refractivity contribution in [2.24, 2.45) is 11.8 Å². The summed E-state index contributed by atoms with van der Waals surface area (Å²) in [6.45, 7) is 29.7. The van der Waals surface area contributed by atoms with E-state index in [1.165, 1.54) is 16.3 Å². The van der Waals surface area contributed by atoms with Gasteiger partial charge in [-0.3, -0.25) is 0 Å². The Bertz CT molecular complexity index is 2730. The average molecular weight is 1230 g/mol. The molecule has 78 heavy (non-hydrogen) atoms.